The zero-order chi connectivity index (χ0) is 15.6. The largest absolute Gasteiger partial charge is 0.468 e. The van der Waals surface area contributed by atoms with Crippen molar-refractivity contribution < 1.29 is 9.47 Å². The lowest BCUT2D eigenvalue weighted by Crippen LogP contribution is -1.98. The number of rotatable bonds is 4. The summed E-state index contributed by atoms with van der Waals surface area (Å²) in [7, 11) is 1.59. The maximum atomic E-state index is 5.49. The van der Waals surface area contributed by atoms with Crippen molar-refractivity contribution >= 4 is 30.6 Å². The molecule has 0 aliphatic rings. The molecule has 3 heteroatoms. The van der Waals surface area contributed by atoms with Crippen LogP contribution >= 0.6 is 10.5 Å². The minimum atomic E-state index is -0.0414. The highest BCUT2D eigenvalue weighted by Gasteiger charge is 2.22. The molecule has 0 fully saturated rings. The van der Waals surface area contributed by atoms with E-state index in [4.69, 9.17) is 9.47 Å². The third-order valence-corrected chi connectivity index (χ3v) is 6.24. The van der Waals surface area contributed by atoms with E-state index in [0.29, 0.717) is 0 Å². The standard InChI is InChI=1S/C20H17O2S/c1-21-14-22-15-10-12-16(13-11-15)23-19-8-4-2-6-17(19)18-7-3-5-9-20(18)23/h2-13H,14H2,1H3/q+1. The quantitative estimate of drug-likeness (QED) is 0.354. The van der Waals surface area contributed by atoms with Crippen LogP contribution in [0.2, 0.25) is 0 Å². The molecule has 23 heavy (non-hydrogen) atoms. The number of hydrogen-bond acceptors (Lipinski definition) is 2. The molecule has 0 spiro atoms. The predicted molar refractivity (Wildman–Crippen MR) is 97.8 cm³/mol. The fourth-order valence-corrected chi connectivity index (χ4v) is 5.28. The first-order chi connectivity index (χ1) is 11.4. The number of fused-ring (bicyclic) bond motifs is 3. The van der Waals surface area contributed by atoms with Gasteiger partial charge < -0.3 is 9.47 Å². The number of hydrogen-bond donors (Lipinski definition) is 0. The van der Waals surface area contributed by atoms with Crippen molar-refractivity contribution in [1.82, 2.24) is 0 Å². The van der Waals surface area contributed by atoms with Crippen molar-refractivity contribution in [3.63, 3.8) is 0 Å². The molecule has 3 aromatic carbocycles. The van der Waals surface area contributed by atoms with Gasteiger partial charge in [0.05, 0.1) is 0 Å². The van der Waals surface area contributed by atoms with Gasteiger partial charge in [0.1, 0.15) is 5.75 Å². The van der Waals surface area contributed by atoms with Crippen molar-refractivity contribution in [1.29, 1.82) is 0 Å². The van der Waals surface area contributed by atoms with Crippen LogP contribution in [0.5, 0.6) is 5.75 Å². The van der Waals surface area contributed by atoms with Gasteiger partial charge in [0, 0.05) is 40.5 Å². The van der Waals surface area contributed by atoms with E-state index in [9.17, 15) is 0 Å². The van der Waals surface area contributed by atoms with Crippen LogP contribution < -0.4 is 4.74 Å². The molecule has 4 rings (SSSR count). The summed E-state index contributed by atoms with van der Waals surface area (Å²) < 4.78 is 13.2. The first kappa shape index (κ1) is 14.2. The molecule has 1 aromatic heterocycles. The average Bonchev–Trinajstić information content (AvgIpc) is 2.95. The van der Waals surface area contributed by atoms with Gasteiger partial charge in [-0.15, -0.1) is 0 Å². The third-order valence-electron chi connectivity index (χ3n) is 3.91. The van der Waals surface area contributed by atoms with Crippen LogP contribution in [-0.2, 0) is 4.74 Å². The molecular formula is C20H17O2S+. The molecule has 114 valence electrons. The molecule has 0 atom stereocenters. The monoisotopic (exact) mass is 321 g/mol. The molecule has 4 aromatic rings. The number of thiophene rings is 1. The Kier molecular flexibility index (Phi) is 3.74. The number of ether oxygens (including phenoxy) is 2. The van der Waals surface area contributed by atoms with Crippen LogP contribution in [0.1, 0.15) is 0 Å². The van der Waals surface area contributed by atoms with Gasteiger partial charge in [-0.2, -0.15) is 0 Å². The second-order valence-corrected chi connectivity index (χ2v) is 7.28. The van der Waals surface area contributed by atoms with E-state index >= 15 is 0 Å². The molecule has 0 amide bonds. The fourth-order valence-electron chi connectivity index (χ4n) is 2.91. The maximum absolute atomic E-state index is 5.49. The lowest BCUT2D eigenvalue weighted by molar-refractivity contribution is 0.0511. The highest BCUT2D eigenvalue weighted by atomic mass is 32.2. The Morgan fingerprint density at radius 1 is 0.739 bits per heavy atom. The third kappa shape index (κ3) is 2.48. The minimum absolute atomic E-state index is 0.0414. The molecule has 2 nitrogen and oxygen atoms in total. The van der Waals surface area contributed by atoms with Crippen molar-refractivity contribution in [2.24, 2.45) is 0 Å². The van der Waals surface area contributed by atoms with Crippen molar-refractivity contribution in [2.45, 2.75) is 0 Å². The molecule has 0 unspecified atom stereocenters. The van der Waals surface area contributed by atoms with E-state index in [1.807, 2.05) is 12.1 Å². The molecule has 0 aliphatic heterocycles. The summed E-state index contributed by atoms with van der Waals surface area (Å²) >= 11 is 0. The molecule has 1 heterocycles. The summed E-state index contributed by atoms with van der Waals surface area (Å²) in [5.74, 6) is 0.833. The van der Waals surface area contributed by atoms with E-state index in [1.54, 1.807) is 7.11 Å². The van der Waals surface area contributed by atoms with Crippen molar-refractivity contribution in [3.8, 4) is 10.6 Å². The lowest BCUT2D eigenvalue weighted by Gasteiger charge is -2.03. The summed E-state index contributed by atoms with van der Waals surface area (Å²) in [5.41, 5.74) is 0. The topological polar surface area (TPSA) is 18.5 Å². The van der Waals surface area contributed by atoms with Crippen LogP contribution in [0.4, 0.5) is 0 Å². The molecule has 0 radical (unpaired) electrons. The van der Waals surface area contributed by atoms with Gasteiger partial charge in [-0.25, -0.2) is 0 Å². The Hall–Kier alpha value is -2.36. The van der Waals surface area contributed by atoms with Crippen molar-refractivity contribution in [2.75, 3.05) is 13.9 Å². The Morgan fingerprint density at radius 3 is 1.87 bits per heavy atom. The normalized spacial score (nSPS) is 11.2. The molecule has 0 saturated heterocycles. The van der Waals surface area contributed by atoms with Gasteiger partial charge in [-0.3, -0.25) is 0 Å². The summed E-state index contributed by atoms with van der Waals surface area (Å²) in [4.78, 5) is 1.31. The SMILES string of the molecule is COCOc1ccc(-[s+]2c3ccccc3c3ccccc32)cc1. The Labute approximate surface area is 137 Å². The smallest absolute Gasteiger partial charge is 0.188 e. The van der Waals surface area contributed by atoms with Crippen LogP contribution in [0, 0.1) is 0 Å². The minimum Gasteiger partial charge on any atom is -0.468 e. The Morgan fingerprint density at radius 2 is 1.30 bits per heavy atom. The second-order valence-electron chi connectivity index (χ2n) is 5.32. The van der Waals surface area contributed by atoms with Crippen LogP contribution in [0.15, 0.2) is 72.8 Å². The van der Waals surface area contributed by atoms with Crippen LogP contribution in [-0.4, -0.2) is 13.9 Å². The predicted octanol–water partition coefficient (Wildman–Crippen LogP) is 5.71. The highest BCUT2D eigenvalue weighted by molar-refractivity contribution is 7.50. The van der Waals surface area contributed by atoms with E-state index in [0.717, 1.165) is 5.75 Å². The van der Waals surface area contributed by atoms with Crippen LogP contribution in [0.25, 0.3) is 25.1 Å². The molecule has 0 saturated carbocycles. The zero-order valence-corrected chi connectivity index (χ0v) is 13.7. The van der Waals surface area contributed by atoms with Gasteiger partial charge >= 0.3 is 0 Å². The van der Waals surface area contributed by atoms with E-state index in [-0.39, 0.29) is 17.3 Å². The molecule has 0 aliphatic carbocycles. The number of benzene rings is 3. The van der Waals surface area contributed by atoms with Gasteiger partial charge in [0.25, 0.3) is 0 Å². The first-order valence-electron chi connectivity index (χ1n) is 7.53. The lowest BCUT2D eigenvalue weighted by atomic mass is 10.2. The summed E-state index contributed by atoms with van der Waals surface area (Å²) in [6, 6.07) is 25.8. The molecule has 0 bridgehead atoms. The zero-order valence-electron chi connectivity index (χ0n) is 12.9. The Balaban J connectivity index is 1.90. The molecular weight excluding hydrogens is 304 g/mol. The second kappa shape index (κ2) is 6.03. The van der Waals surface area contributed by atoms with Crippen LogP contribution in [0.3, 0.4) is 0 Å². The van der Waals surface area contributed by atoms with E-state index < -0.39 is 0 Å². The summed E-state index contributed by atoms with van der Waals surface area (Å²) in [6.07, 6.45) is 0. The summed E-state index contributed by atoms with van der Waals surface area (Å²) in [5, 5.41) is 2.71. The van der Waals surface area contributed by atoms with E-state index in [2.05, 4.69) is 60.7 Å². The van der Waals surface area contributed by atoms with Gasteiger partial charge in [-0.05, 0) is 36.4 Å². The molecule has 0 N–H and O–H groups in total. The highest BCUT2D eigenvalue weighted by Crippen LogP contribution is 2.48. The van der Waals surface area contributed by atoms with Gasteiger partial charge in [0.2, 0.25) is 0 Å². The number of methoxy groups -OCH3 is 1. The first-order valence-corrected chi connectivity index (χ1v) is 8.75. The van der Waals surface area contributed by atoms with Gasteiger partial charge in [-0.1, -0.05) is 24.3 Å². The van der Waals surface area contributed by atoms with Crippen molar-refractivity contribution in [3.05, 3.63) is 72.8 Å². The maximum Gasteiger partial charge on any atom is 0.188 e. The summed E-state index contributed by atoms with van der Waals surface area (Å²) in [6.45, 7) is 0.275. The van der Waals surface area contributed by atoms with Gasteiger partial charge in [0.15, 0.2) is 21.1 Å². The average molecular weight is 321 g/mol. The Bertz CT molecular complexity index is 901. The fraction of sp³-hybridized carbons (Fsp3) is 0.100. The van der Waals surface area contributed by atoms with E-state index in [1.165, 1.54) is 25.1 Å².